The highest BCUT2D eigenvalue weighted by Crippen LogP contribution is 2.27. The predicted octanol–water partition coefficient (Wildman–Crippen LogP) is 3.16. The number of benzene rings is 1. The van der Waals surface area contributed by atoms with Gasteiger partial charge in [0.2, 0.25) is 5.91 Å². The van der Waals surface area contributed by atoms with Crippen LogP contribution in [0.4, 0.5) is 11.4 Å². The number of rotatable bonds is 6. The number of carbonyl (C=O) groups excluding carboxylic acids is 2. The molecule has 0 aromatic heterocycles. The second kappa shape index (κ2) is 7.99. The molecule has 5 nitrogen and oxygen atoms in total. The number of carbonyl (C=O) groups is 2. The van der Waals surface area contributed by atoms with Crippen LogP contribution in [0.3, 0.4) is 0 Å². The first-order valence-corrected chi connectivity index (χ1v) is 8.51. The Bertz CT molecular complexity index is 563. The molecule has 0 atom stereocenters. The summed E-state index contributed by atoms with van der Waals surface area (Å²) in [5.41, 5.74) is 2.27. The van der Waals surface area contributed by atoms with Crippen LogP contribution in [0.1, 0.15) is 56.8 Å². The Labute approximate surface area is 138 Å². The average molecular weight is 317 g/mol. The minimum absolute atomic E-state index is 0.0170. The first-order valence-electron chi connectivity index (χ1n) is 8.51. The Morgan fingerprint density at radius 2 is 1.91 bits per heavy atom. The van der Waals surface area contributed by atoms with Crippen molar-refractivity contribution in [3.8, 4) is 0 Å². The minimum Gasteiger partial charge on any atom is -0.371 e. The third-order valence-electron chi connectivity index (χ3n) is 3.87. The summed E-state index contributed by atoms with van der Waals surface area (Å²) in [7, 11) is 0. The van der Waals surface area contributed by atoms with E-state index in [1.807, 2.05) is 32.9 Å². The zero-order valence-electron chi connectivity index (χ0n) is 14.3. The fourth-order valence-corrected chi connectivity index (χ4v) is 2.82. The molecule has 0 spiro atoms. The molecule has 1 aliphatic rings. The number of hydrogen-bond donors (Lipinski definition) is 2. The third-order valence-corrected chi connectivity index (χ3v) is 3.87. The van der Waals surface area contributed by atoms with Gasteiger partial charge >= 0.3 is 0 Å². The lowest BCUT2D eigenvalue weighted by Gasteiger charge is -2.22. The van der Waals surface area contributed by atoms with Gasteiger partial charge in [0.1, 0.15) is 0 Å². The SMILES string of the molecule is CCCC(=O)Nc1ccc(N2CCCC2)c(C(=O)NC(C)C)c1. The van der Waals surface area contributed by atoms with E-state index >= 15 is 0 Å². The fraction of sp³-hybridized carbons (Fsp3) is 0.556. The number of nitrogens with zero attached hydrogens (tertiary/aromatic N) is 1. The van der Waals surface area contributed by atoms with Gasteiger partial charge in [0.05, 0.1) is 5.56 Å². The van der Waals surface area contributed by atoms with Crippen molar-refractivity contribution in [2.24, 2.45) is 0 Å². The Hall–Kier alpha value is -2.04. The second-order valence-corrected chi connectivity index (χ2v) is 6.35. The van der Waals surface area contributed by atoms with Crippen LogP contribution in [0.25, 0.3) is 0 Å². The van der Waals surface area contributed by atoms with E-state index in [-0.39, 0.29) is 17.9 Å². The van der Waals surface area contributed by atoms with Crippen molar-refractivity contribution in [3.63, 3.8) is 0 Å². The summed E-state index contributed by atoms with van der Waals surface area (Å²) in [4.78, 5) is 26.6. The van der Waals surface area contributed by atoms with E-state index in [0.717, 1.165) is 38.0 Å². The molecule has 23 heavy (non-hydrogen) atoms. The summed E-state index contributed by atoms with van der Waals surface area (Å²) < 4.78 is 0. The standard InChI is InChI=1S/C18H27N3O2/c1-4-7-17(22)20-14-8-9-16(21-10-5-6-11-21)15(12-14)18(23)19-13(2)3/h8-9,12-13H,4-7,10-11H2,1-3H3,(H,19,23)(H,20,22). The summed E-state index contributed by atoms with van der Waals surface area (Å²) in [6, 6.07) is 5.70. The Morgan fingerprint density at radius 1 is 1.22 bits per heavy atom. The Kier molecular flexibility index (Phi) is 6.02. The Balaban J connectivity index is 2.27. The molecule has 0 unspecified atom stereocenters. The molecule has 1 fully saturated rings. The number of hydrogen-bond acceptors (Lipinski definition) is 3. The van der Waals surface area contributed by atoms with E-state index in [1.54, 1.807) is 6.07 Å². The molecule has 1 aliphatic heterocycles. The van der Waals surface area contributed by atoms with E-state index in [0.29, 0.717) is 17.7 Å². The molecule has 2 rings (SSSR count). The molecule has 0 radical (unpaired) electrons. The maximum atomic E-state index is 12.5. The van der Waals surface area contributed by atoms with Crippen LogP contribution in [0.2, 0.25) is 0 Å². The largest absolute Gasteiger partial charge is 0.371 e. The summed E-state index contributed by atoms with van der Waals surface area (Å²) in [5.74, 6) is -0.106. The first kappa shape index (κ1) is 17.3. The summed E-state index contributed by atoms with van der Waals surface area (Å²) in [6.07, 6.45) is 3.60. The van der Waals surface area contributed by atoms with Crippen molar-refractivity contribution in [2.75, 3.05) is 23.3 Å². The molecule has 5 heteroatoms. The van der Waals surface area contributed by atoms with Gasteiger partial charge in [-0.25, -0.2) is 0 Å². The highest BCUT2D eigenvalue weighted by atomic mass is 16.2. The van der Waals surface area contributed by atoms with E-state index in [9.17, 15) is 9.59 Å². The summed E-state index contributed by atoms with van der Waals surface area (Å²) in [6.45, 7) is 7.81. The normalized spacial score (nSPS) is 14.2. The molecule has 1 heterocycles. The highest BCUT2D eigenvalue weighted by molar-refractivity contribution is 6.02. The smallest absolute Gasteiger partial charge is 0.253 e. The van der Waals surface area contributed by atoms with E-state index in [4.69, 9.17) is 0 Å². The minimum atomic E-state index is -0.0894. The van der Waals surface area contributed by atoms with Crippen LogP contribution >= 0.6 is 0 Å². The first-order chi connectivity index (χ1) is 11.0. The van der Waals surface area contributed by atoms with Gasteiger partial charge in [-0.1, -0.05) is 6.92 Å². The zero-order valence-corrected chi connectivity index (χ0v) is 14.3. The van der Waals surface area contributed by atoms with Crippen molar-refractivity contribution in [1.82, 2.24) is 5.32 Å². The fourth-order valence-electron chi connectivity index (χ4n) is 2.82. The van der Waals surface area contributed by atoms with Crippen LogP contribution in [0, 0.1) is 0 Å². The maximum Gasteiger partial charge on any atom is 0.253 e. The van der Waals surface area contributed by atoms with Crippen LogP contribution in [-0.4, -0.2) is 30.9 Å². The third kappa shape index (κ3) is 4.71. The zero-order chi connectivity index (χ0) is 16.8. The molecular weight excluding hydrogens is 290 g/mol. The van der Waals surface area contributed by atoms with Gasteiger partial charge in [0.15, 0.2) is 0 Å². The van der Waals surface area contributed by atoms with Gasteiger partial charge in [-0.05, 0) is 51.3 Å². The lowest BCUT2D eigenvalue weighted by molar-refractivity contribution is -0.116. The molecular formula is C18H27N3O2. The van der Waals surface area contributed by atoms with Gasteiger partial charge in [-0.2, -0.15) is 0 Å². The van der Waals surface area contributed by atoms with E-state index in [1.165, 1.54) is 0 Å². The van der Waals surface area contributed by atoms with Crippen molar-refractivity contribution in [1.29, 1.82) is 0 Å². The molecule has 1 aromatic rings. The van der Waals surface area contributed by atoms with Crippen LogP contribution in [-0.2, 0) is 4.79 Å². The van der Waals surface area contributed by atoms with Crippen LogP contribution in [0.5, 0.6) is 0 Å². The molecule has 126 valence electrons. The molecule has 0 aliphatic carbocycles. The van der Waals surface area contributed by atoms with Gasteiger partial charge in [-0.3, -0.25) is 9.59 Å². The van der Waals surface area contributed by atoms with Gasteiger partial charge in [0, 0.05) is 36.9 Å². The summed E-state index contributed by atoms with van der Waals surface area (Å²) in [5, 5.41) is 5.82. The van der Waals surface area contributed by atoms with Gasteiger partial charge in [0.25, 0.3) is 5.91 Å². The lowest BCUT2D eigenvalue weighted by Crippen LogP contribution is -2.32. The van der Waals surface area contributed by atoms with E-state index < -0.39 is 0 Å². The van der Waals surface area contributed by atoms with Gasteiger partial charge < -0.3 is 15.5 Å². The second-order valence-electron chi connectivity index (χ2n) is 6.35. The van der Waals surface area contributed by atoms with Gasteiger partial charge in [-0.15, -0.1) is 0 Å². The topological polar surface area (TPSA) is 61.4 Å². The number of anilines is 2. The number of nitrogens with one attached hydrogen (secondary N) is 2. The molecule has 2 N–H and O–H groups in total. The number of amides is 2. The van der Waals surface area contributed by atoms with Crippen molar-refractivity contribution in [3.05, 3.63) is 23.8 Å². The quantitative estimate of drug-likeness (QED) is 0.847. The monoisotopic (exact) mass is 317 g/mol. The van der Waals surface area contributed by atoms with Crippen molar-refractivity contribution in [2.45, 2.75) is 52.5 Å². The van der Waals surface area contributed by atoms with Crippen LogP contribution < -0.4 is 15.5 Å². The van der Waals surface area contributed by atoms with Crippen molar-refractivity contribution < 1.29 is 9.59 Å². The molecule has 0 bridgehead atoms. The van der Waals surface area contributed by atoms with Crippen LogP contribution in [0.15, 0.2) is 18.2 Å². The highest BCUT2D eigenvalue weighted by Gasteiger charge is 2.20. The molecule has 1 aromatic carbocycles. The average Bonchev–Trinajstić information content (AvgIpc) is 3.00. The van der Waals surface area contributed by atoms with Crippen molar-refractivity contribution >= 4 is 23.2 Å². The summed E-state index contributed by atoms with van der Waals surface area (Å²) >= 11 is 0. The maximum absolute atomic E-state index is 12.5. The Morgan fingerprint density at radius 3 is 2.52 bits per heavy atom. The van der Waals surface area contributed by atoms with E-state index in [2.05, 4.69) is 15.5 Å². The molecule has 2 amide bonds. The molecule has 1 saturated heterocycles. The molecule has 0 saturated carbocycles. The lowest BCUT2D eigenvalue weighted by atomic mass is 10.1. The predicted molar refractivity (Wildman–Crippen MR) is 94.0 cm³/mol.